The maximum atomic E-state index is 11.8. The van der Waals surface area contributed by atoms with E-state index in [0.717, 1.165) is 0 Å². The van der Waals surface area contributed by atoms with E-state index in [0.29, 0.717) is 15.7 Å². The van der Waals surface area contributed by atoms with E-state index in [1.807, 2.05) is 0 Å². The molecule has 0 aliphatic rings. The molecule has 6 heteroatoms. The Hall–Kier alpha value is -1.78. The van der Waals surface area contributed by atoms with E-state index in [1.54, 1.807) is 18.2 Å². The summed E-state index contributed by atoms with van der Waals surface area (Å²) in [5.41, 5.74) is 0.0521. The fourth-order valence-electron chi connectivity index (χ4n) is 1.37. The van der Waals surface area contributed by atoms with Crippen LogP contribution in [0.3, 0.4) is 0 Å². The summed E-state index contributed by atoms with van der Waals surface area (Å²) < 4.78 is 0. The number of rotatable bonds is 2. The number of hydrogen-bond acceptors (Lipinski definition) is 2. The van der Waals surface area contributed by atoms with Gasteiger partial charge in [0.2, 0.25) is 0 Å². The molecule has 0 saturated heterocycles. The van der Waals surface area contributed by atoms with Crippen LogP contribution in [0.5, 0.6) is 0 Å². The Bertz CT molecular complexity index is 653. The van der Waals surface area contributed by atoms with Gasteiger partial charge in [-0.25, -0.2) is 0 Å². The lowest BCUT2D eigenvalue weighted by molar-refractivity contribution is 0.102. The van der Waals surface area contributed by atoms with E-state index in [9.17, 15) is 9.59 Å². The number of hydrogen-bond donors (Lipinski definition) is 2. The SMILES string of the molecule is O=C(Nc1ccc(Cl)c(Cl)c1)c1ccc[nH]c1=O. The lowest BCUT2D eigenvalue weighted by atomic mass is 10.2. The average Bonchev–Trinajstić information content (AvgIpc) is 2.34. The zero-order chi connectivity index (χ0) is 13.1. The molecule has 0 unspecified atom stereocenters. The van der Waals surface area contributed by atoms with E-state index in [4.69, 9.17) is 23.2 Å². The van der Waals surface area contributed by atoms with E-state index < -0.39 is 11.5 Å². The van der Waals surface area contributed by atoms with E-state index in [-0.39, 0.29) is 5.56 Å². The molecule has 0 saturated carbocycles. The fraction of sp³-hybridized carbons (Fsp3) is 0. The lowest BCUT2D eigenvalue weighted by Gasteiger charge is -2.05. The Labute approximate surface area is 113 Å². The number of halogens is 2. The molecule has 0 spiro atoms. The predicted molar refractivity (Wildman–Crippen MR) is 71.5 cm³/mol. The fourth-order valence-corrected chi connectivity index (χ4v) is 1.67. The highest BCUT2D eigenvalue weighted by molar-refractivity contribution is 6.42. The van der Waals surface area contributed by atoms with Gasteiger partial charge in [-0.3, -0.25) is 9.59 Å². The summed E-state index contributed by atoms with van der Waals surface area (Å²) in [6, 6.07) is 7.69. The molecule has 0 fully saturated rings. The maximum absolute atomic E-state index is 11.8. The third kappa shape index (κ3) is 2.72. The van der Waals surface area contributed by atoms with Gasteiger partial charge in [-0.05, 0) is 30.3 Å². The quantitative estimate of drug-likeness (QED) is 0.890. The highest BCUT2D eigenvalue weighted by atomic mass is 35.5. The number of anilines is 1. The monoisotopic (exact) mass is 282 g/mol. The third-order valence-electron chi connectivity index (χ3n) is 2.24. The van der Waals surface area contributed by atoms with Crippen molar-refractivity contribution in [3.8, 4) is 0 Å². The number of aromatic nitrogens is 1. The Kier molecular flexibility index (Phi) is 3.69. The van der Waals surface area contributed by atoms with Gasteiger partial charge in [-0.2, -0.15) is 0 Å². The predicted octanol–water partition coefficient (Wildman–Crippen LogP) is 2.93. The van der Waals surface area contributed by atoms with Crippen LogP contribution in [0.4, 0.5) is 5.69 Å². The largest absolute Gasteiger partial charge is 0.328 e. The Balaban J connectivity index is 2.24. The van der Waals surface area contributed by atoms with E-state index >= 15 is 0 Å². The molecule has 0 atom stereocenters. The number of amides is 1. The molecule has 0 bridgehead atoms. The smallest absolute Gasteiger partial charge is 0.261 e. The second-order valence-corrected chi connectivity index (χ2v) is 4.31. The third-order valence-corrected chi connectivity index (χ3v) is 2.98. The first-order valence-corrected chi connectivity index (χ1v) is 5.77. The average molecular weight is 283 g/mol. The van der Waals surface area contributed by atoms with Crippen LogP contribution in [0.1, 0.15) is 10.4 Å². The summed E-state index contributed by atoms with van der Waals surface area (Å²) in [7, 11) is 0. The standard InChI is InChI=1S/C12H8Cl2N2O2/c13-9-4-3-7(6-10(9)14)16-12(18)8-2-1-5-15-11(8)17/h1-6H,(H,15,17)(H,16,18). The Morgan fingerprint density at radius 1 is 1.17 bits per heavy atom. The Morgan fingerprint density at radius 3 is 2.61 bits per heavy atom. The first-order chi connectivity index (χ1) is 8.58. The minimum Gasteiger partial charge on any atom is -0.328 e. The topological polar surface area (TPSA) is 62.0 Å². The second-order valence-electron chi connectivity index (χ2n) is 3.50. The van der Waals surface area contributed by atoms with Gasteiger partial charge in [0.1, 0.15) is 5.56 Å². The number of nitrogens with one attached hydrogen (secondary N) is 2. The van der Waals surface area contributed by atoms with Gasteiger partial charge < -0.3 is 10.3 Å². The van der Waals surface area contributed by atoms with Crippen molar-refractivity contribution in [1.82, 2.24) is 4.98 Å². The molecule has 1 aromatic carbocycles. The van der Waals surface area contributed by atoms with Crippen LogP contribution in [0.15, 0.2) is 41.3 Å². The number of benzene rings is 1. The zero-order valence-corrected chi connectivity index (χ0v) is 10.5. The molecule has 2 N–H and O–H groups in total. The molecule has 0 aliphatic carbocycles. The normalized spacial score (nSPS) is 10.1. The van der Waals surface area contributed by atoms with Gasteiger partial charge in [0.25, 0.3) is 11.5 Å². The van der Waals surface area contributed by atoms with Crippen molar-refractivity contribution in [2.75, 3.05) is 5.32 Å². The van der Waals surface area contributed by atoms with Crippen molar-refractivity contribution in [3.63, 3.8) is 0 Å². The lowest BCUT2D eigenvalue weighted by Crippen LogP contribution is -2.22. The number of carbonyl (C=O) groups excluding carboxylic acids is 1. The van der Waals surface area contributed by atoms with Crippen molar-refractivity contribution >= 4 is 34.8 Å². The van der Waals surface area contributed by atoms with Crippen LogP contribution < -0.4 is 10.9 Å². The van der Waals surface area contributed by atoms with Crippen LogP contribution in [-0.2, 0) is 0 Å². The summed E-state index contributed by atoms with van der Waals surface area (Å²) in [4.78, 5) is 25.7. The van der Waals surface area contributed by atoms with Crippen molar-refractivity contribution in [2.24, 2.45) is 0 Å². The first-order valence-electron chi connectivity index (χ1n) is 5.02. The van der Waals surface area contributed by atoms with Crippen LogP contribution in [-0.4, -0.2) is 10.9 Å². The molecule has 0 aliphatic heterocycles. The van der Waals surface area contributed by atoms with Gasteiger partial charge in [-0.1, -0.05) is 23.2 Å². The van der Waals surface area contributed by atoms with Gasteiger partial charge in [0.15, 0.2) is 0 Å². The van der Waals surface area contributed by atoms with Crippen LogP contribution in [0, 0.1) is 0 Å². The molecular formula is C12H8Cl2N2O2. The number of aromatic amines is 1. The minimum atomic E-state index is -0.504. The van der Waals surface area contributed by atoms with Gasteiger partial charge in [-0.15, -0.1) is 0 Å². The zero-order valence-electron chi connectivity index (χ0n) is 9.04. The highest BCUT2D eigenvalue weighted by Crippen LogP contribution is 2.25. The van der Waals surface area contributed by atoms with Gasteiger partial charge >= 0.3 is 0 Å². The molecule has 2 rings (SSSR count). The summed E-state index contributed by atoms with van der Waals surface area (Å²) in [6.45, 7) is 0. The van der Waals surface area contributed by atoms with Crippen LogP contribution in [0.2, 0.25) is 10.0 Å². The van der Waals surface area contributed by atoms with Gasteiger partial charge in [0, 0.05) is 11.9 Å². The van der Waals surface area contributed by atoms with Crippen molar-refractivity contribution < 1.29 is 4.79 Å². The molecule has 2 aromatic rings. The first kappa shape index (κ1) is 12.7. The van der Waals surface area contributed by atoms with Crippen LogP contribution >= 0.6 is 23.2 Å². The van der Waals surface area contributed by atoms with Crippen molar-refractivity contribution in [1.29, 1.82) is 0 Å². The summed E-state index contributed by atoms with van der Waals surface area (Å²) in [5.74, 6) is -0.504. The van der Waals surface area contributed by atoms with Crippen LogP contribution in [0.25, 0.3) is 0 Å². The van der Waals surface area contributed by atoms with Crippen molar-refractivity contribution in [3.05, 3.63) is 62.5 Å². The van der Waals surface area contributed by atoms with Crippen molar-refractivity contribution in [2.45, 2.75) is 0 Å². The molecule has 18 heavy (non-hydrogen) atoms. The molecule has 92 valence electrons. The second kappa shape index (κ2) is 5.25. The number of H-pyrrole nitrogens is 1. The highest BCUT2D eigenvalue weighted by Gasteiger charge is 2.10. The maximum Gasteiger partial charge on any atom is 0.261 e. The van der Waals surface area contributed by atoms with E-state index in [1.165, 1.54) is 18.3 Å². The summed E-state index contributed by atoms with van der Waals surface area (Å²) in [6.07, 6.45) is 1.46. The van der Waals surface area contributed by atoms with E-state index in [2.05, 4.69) is 10.3 Å². The summed E-state index contributed by atoms with van der Waals surface area (Å²) >= 11 is 11.6. The number of carbonyl (C=O) groups is 1. The number of pyridine rings is 1. The molecule has 0 radical (unpaired) electrons. The molecule has 1 amide bonds. The molecule has 1 heterocycles. The molecular weight excluding hydrogens is 275 g/mol. The Morgan fingerprint density at radius 2 is 1.94 bits per heavy atom. The summed E-state index contributed by atoms with van der Waals surface area (Å²) in [5, 5.41) is 3.29. The molecule has 4 nitrogen and oxygen atoms in total. The minimum absolute atomic E-state index is 0.0311. The van der Waals surface area contributed by atoms with Gasteiger partial charge in [0.05, 0.1) is 10.0 Å². The molecule has 1 aromatic heterocycles.